The number of carbonyl (C=O) groups is 1. The molecule has 0 aliphatic rings. The summed E-state index contributed by atoms with van der Waals surface area (Å²) in [5.74, 6) is 0.237. The van der Waals surface area contributed by atoms with Gasteiger partial charge in [0.2, 0.25) is 0 Å². The molecule has 1 aromatic rings. The molecule has 0 aliphatic heterocycles. The Morgan fingerprint density at radius 2 is 1.92 bits per heavy atom. The standard InChI is InChI=1S/C11H13BrO/c1-2-9-5-3-4-6-10(9)7-11(13)8-12/h3-6H,2,7-8H2,1H3. The molecule has 0 amide bonds. The maximum absolute atomic E-state index is 11.2. The Morgan fingerprint density at radius 3 is 2.46 bits per heavy atom. The van der Waals surface area contributed by atoms with Crippen molar-refractivity contribution in [2.75, 3.05) is 5.33 Å². The zero-order valence-corrected chi connectivity index (χ0v) is 9.30. The van der Waals surface area contributed by atoms with Crippen LogP contribution in [0.5, 0.6) is 0 Å². The Labute approximate surface area is 87.3 Å². The van der Waals surface area contributed by atoms with Crippen LogP contribution in [-0.4, -0.2) is 11.1 Å². The number of hydrogen-bond donors (Lipinski definition) is 0. The van der Waals surface area contributed by atoms with Crippen molar-refractivity contribution >= 4 is 21.7 Å². The summed E-state index contributed by atoms with van der Waals surface area (Å²) in [6.07, 6.45) is 1.54. The third-order valence-electron chi connectivity index (χ3n) is 2.04. The van der Waals surface area contributed by atoms with Crippen LogP contribution in [0.4, 0.5) is 0 Å². The van der Waals surface area contributed by atoms with E-state index in [0.717, 1.165) is 12.0 Å². The molecule has 2 heteroatoms. The topological polar surface area (TPSA) is 17.1 Å². The van der Waals surface area contributed by atoms with E-state index in [1.807, 2.05) is 18.2 Å². The first-order valence-corrected chi connectivity index (χ1v) is 5.54. The van der Waals surface area contributed by atoms with Crippen molar-refractivity contribution < 1.29 is 4.79 Å². The minimum Gasteiger partial charge on any atom is -0.298 e. The second-order valence-electron chi connectivity index (χ2n) is 2.97. The summed E-state index contributed by atoms with van der Waals surface area (Å²) in [7, 11) is 0. The fourth-order valence-corrected chi connectivity index (χ4v) is 1.53. The summed E-state index contributed by atoms with van der Waals surface area (Å²) in [5.41, 5.74) is 2.44. The lowest BCUT2D eigenvalue weighted by molar-refractivity contribution is -0.115. The van der Waals surface area contributed by atoms with Gasteiger partial charge in [0.1, 0.15) is 5.78 Å². The first kappa shape index (κ1) is 10.5. The maximum atomic E-state index is 11.2. The first-order valence-electron chi connectivity index (χ1n) is 4.42. The summed E-state index contributed by atoms with van der Waals surface area (Å²) in [5, 5.41) is 0.449. The molecule has 0 atom stereocenters. The van der Waals surface area contributed by atoms with Gasteiger partial charge in [0.25, 0.3) is 0 Å². The summed E-state index contributed by atoms with van der Waals surface area (Å²) in [6.45, 7) is 2.11. The third kappa shape index (κ3) is 2.96. The summed E-state index contributed by atoms with van der Waals surface area (Å²) in [6, 6.07) is 8.10. The largest absolute Gasteiger partial charge is 0.298 e. The van der Waals surface area contributed by atoms with Crippen LogP contribution in [0.25, 0.3) is 0 Å². The quantitative estimate of drug-likeness (QED) is 0.741. The Kier molecular flexibility index (Phi) is 4.16. The van der Waals surface area contributed by atoms with Crippen LogP contribution >= 0.6 is 15.9 Å². The lowest BCUT2D eigenvalue weighted by Gasteiger charge is -2.04. The van der Waals surface area contributed by atoms with Gasteiger partial charge in [-0.05, 0) is 17.5 Å². The molecular formula is C11H13BrO. The van der Waals surface area contributed by atoms with E-state index in [1.54, 1.807) is 0 Å². The summed E-state index contributed by atoms with van der Waals surface area (Å²) in [4.78, 5) is 11.2. The molecule has 13 heavy (non-hydrogen) atoms. The highest BCUT2D eigenvalue weighted by Crippen LogP contribution is 2.10. The van der Waals surface area contributed by atoms with E-state index in [0.29, 0.717) is 11.8 Å². The van der Waals surface area contributed by atoms with Crippen molar-refractivity contribution in [2.45, 2.75) is 19.8 Å². The molecule has 0 spiro atoms. The Bertz CT molecular complexity index is 294. The molecule has 0 saturated heterocycles. The van der Waals surface area contributed by atoms with Crippen molar-refractivity contribution in [1.29, 1.82) is 0 Å². The first-order chi connectivity index (χ1) is 6.27. The normalized spacial score (nSPS) is 10.0. The fourth-order valence-electron chi connectivity index (χ4n) is 1.33. The minimum atomic E-state index is 0.237. The molecule has 1 nitrogen and oxygen atoms in total. The molecular weight excluding hydrogens is 228 g/mol. The van der Waals surface area contributed by atoms with Gasteiger partial charge in [-0.15, -0.1) is 0 Å². The summed E-state index contributed by atoms with van der Waals surface area (Å²) < 4.78 is 0. The van der Waals surface area contributed by atoms with E-state index < -0.39 is 0 Å². The van der Waals surface area contributed by atoms with Crippen LogP contribution in [0, 0.1) is 0 Å². The monoisotopic (exact) mass is 240 g/mol. The number of carbonyl (C=O) groups excluding carboxylic acids is 1. The van der Waals surface area contributed by atoms with Crippen molar-refractivity contribution in [2.24, 2.45) is 0 Å². The van der Waals surface area contributed by atoms with Crippen LogP contribution in [0.15, 0.2) is 24.3 Å². The molecule has 0 fully saturated rings. The van der Waals surface area contributed by atoms with Crippen LogP contribution in [0.1, 0.15) is 18.1 Å². The van der Waals surface area contributed by atoms with Gasteiger partial charge in [-0.3, -0.25) is 4.79 Å². The van der Waals surface area contributed by atoms with Gasteiger partial charge < -0.3 is 0 Å². The smallest absolute Gasteiger partial charge is 0.147 e. The lowest BCUT2D eigenvalue weighted by Crippen LogP contribution is -2.05. The van der Waals surface area contributed by atoms with E-state index in [4.69, 9.17) is 0 Å². The van der Waals surface area contributed by atoms with Gasteiger partial charge in [0.15, 0.2) is 0 Å². The number of Topliss-reactive ketones (excluding diaryl/α,β-unsaturated/α-hetero) is 1. The van der Waals surface area contributed by atoms with Crippen molar-refractivity contribution in [3.8, 4) is 0 Å². The summed E-state index contributed by atoms with van der Waals surface area (Å²) >= 11 is 3.17. The lowest BCUT2D eigenvalue weighted by atomic mass is 10.0. The van der Waals surface area contributed by atoms with Crippen LogP contribution < -0.4 is 0 Å². The highest BCUT2D eigenvalue weighted by molar-refractivity contribution is 9.09. The minimum absolute atomic E-state index is 0.237. The molecule has 0 saturated carbocycles. The average Bonchev–Trinajstić information content (AvgIpc) is 2.18. The SMILES string of the molecule is CCc1ccccc1CC(=O)CBr. The molecule has 1 aromatic carbocycles. The van der Waals surface area contributed by atoms with Crippen LogP contribution in [0.2, 0.25) is 0 Å². The Balaban J connectivity index is 2.81. The Hall–Kier alpha value is -0.630. The zero-order chi connectivity index (χ0) is 9.68. The molecule has 0 N–H and O–H groups in total. The number of ketones is 1. The second kappa shape index (κ2) is 5.18. The molecule has 0 heterocycles. The van der Waals surface area contributed by atoms with Gasteiger partial charge in [0.05, 0.1) is 5.33 Å². The van der Waals surface area contributed by atoms with Gasteiger partial charge in [0, 0.05) is 6.42 Å². The van der Waals surface area contributed by atoms with Gasteiger partial charge in [-0.2, -0.15) is 0 Å². The number of alkyl halides is 1. The van der Waals surface area contributed by atoms with Crippen LogP contribution in [0.3, 0.4) is 0 Å². The van der Waals surface area contributed by atoms with Crippen molar-refractivity contribution in [3.05, 3.63) is 35.4 Å². The van der Waals surface area contributed by atoms with Crippen molar-refractivity contribution in [1.82, 2.24) is 0 Å². The van der Waals surface area contributed by atoms with E-state index in [-0.39, 0.29) is 5.78 Å². The number of hydrogen-bond acceptors (Lipinski definition) is 1. The highest BCUT2D eigenvalue weighted by Gasteiger charge is 2.04. The molecule has 0 aromatic heterocycles. The number of halogens is 1. The predicted molar refractivity (Wildman–Crippen MR) is 58.3 cm³/mol. The maximum Gasteiger partial charge on any atom is 0.147 e. The molecule has 0 radical (unpaired) electrons. The third-order valence-corrected chi connectivity index (χ3v) is 2.66. The fraction of sp³-hybridized carbons (Fsp3) is 0.364. The number of rotatable bonds is 4. The molecule has 0 bridgehead atoms. The van der Waals surface area contributed by atoms with E-state index in [9.17, 15) is 4.79 Å². The number of aryl methyl sites for hydroxylation is 1. The Morgan fingerprint density at radius 1 is 1.31 bits per heavy atom. The van der Waals surface area contributed by atoms with Gasteiger partial charge in [-0.1, -0.05) is 47.1 Å². The molecule has 1 rings (SSSR count). The molecule has 0 unspecified atom stereocenters. The van der Waals surface area contributed by atoms with Crippen molar-refractivity contribution in [3.63, 3.8) is 0 Å². The average molecular weight is 241 g/mol. The highest BCUT2D eigenvalue weighted by atomic mass is 79.9. The van der Waals surface area contributed by atoms with Gasteiger partial charge >= 0.3 is 0 Å². The predicted octanol–water partition coefficient (Wildman–Crippen LogP) is 2.76. The van der Waals surface area contributed by atoms with E-state index in [2.05, 4.69) is 28.9 Å². The second-order valence-corrected chi connectivity index (χ2v) is 3.53. The zero-order valence-electron chi connectivity index (χ0n) is 7.72. The molecule has 70 valence electrons. The van der Waals surface area contributed by atoms with E-state index >= 15 is 0 Å². The van der Waals surface area contributed by atoms with Gasteiger partial charge in [-0.25, -0.2) is 0 Å². The van der Waals surface area contributed by atoms with Crippen LogP contribution in [-0.2, 0) is 17.6 Å². The number of benzene rings is 1. The van der Waals surface area contributed by atoms with E-state index in [1.165, 1.54) is 5.56 Å². The molecule has 0 aliphatic carbocycles.